The maximum Gasteiger partial charge on any atom is 0.240 e. The van der Waals surface area contributed by atoms with Gasteiger partial charge >= 0.3 is 0 Å². The van der Waals surface area contributed by atoms with E-state index in [1.165, 1.54) is 23.3 Å². The van der Waals surface area contributed by atoms with Gasteiger partial charge in [-0.1, -0.05) is 12.8 Å². The molecule has 1 amide bonds. The fourth-order valence-corrected chi connectivity index (χ4v) is 3.82. The number of thiophene rings is 1. The van der Waals surface area contributed by atoms with Crippen molar-refractivity contribution in [3.05, 3.63) is 21.9 Å². The fraction of sp³-hybridized carbons (Fsp3) is 0.688. The van der Waals surface area contributed by atoms with E-state index in [1.807, 2.05) is 11.9 Å². The largest absolute Gasteiger partial charge is 0.395 e. The number of nitrogens with zero attached hydrogens (tertiary/aromatic N) is 2. The molecule has 1 N–H and O–H groups in total. The SMILES string of the molecule is Cc1ccsc1CN(CCO)C(=O)[C@@H]1CCCCCN1C. The summed E-state index contributed by atoms with van der Waals surface area (Å²) in [5.41, 5.74) is 1.23. The Labute approximate surface area is 131 Å². The molecule has 0 bridgehead atoms. The fourth-order valence-electron chi connectivity index (χ4n) is 2.90. The monoisotopic (exact) mass is 310 g/mol. The van der Waals surface area contributed by atoms with Gasteiger partial charge in [0.2, 0.25) is 5.91 Å². The van der Waals surface area contributed by atoms with Crippen molar-refractivity contribution < 1.29 is 9.90 Å². The lowest BCUT2D eigenvalue weighted by Crippen LogP contribution is -2.47. The molecule has 1 aliphatic heterocycles. The summed E-state index contributed by atoms with van der Waals surface area (Å²) in [6, 6.07) is 2.05. The van der Waals surface area contributed by atoms with Crippen LogP contribution in [0, 0.1) is 6.92 Å². The van der Waals surface area contributed by atoms with Crippen LogP contribution in [0.1, 0.15) is 36.1 Å². The molecule has 1 saturated heterocycles. The summed E-state index contributed by atoms with van der Waals surface area (Å²) in [6.45, 7) is 4.12. The van der Waals surface area contributed by atoms with Crippen molar-refractivity contribution in [1.82, 2.24) is 9.80 Å². The van der Waals surface area contributed by atoms with Crippen LogP contribution in [0.25, 0.3) is 0 Å². The van der Waals surface area contributed by atoms with Crippen LogP contribution in [-0.2, 0) is 11.3 Å². The predicted octanol–water partition coefficient (Wildman–Crippen LogP) is 2.25. The molecular formula is C16H26N2O2S. The van der Waals surface area contributed by atoms with Gasteiger partial charge in [0, 0.05) is 11.4 Å². The lowest BCUT2D eigenvalue weighted by Gasteiger charge is -2.31. The number of likely N-dealkylation sites (N-methyl/N-ethyl adjacent to an activating group) is 1. The Hall–Kier alpha value is -0.910. The Morgan fingerprint density at radius 2 is 2.29 bits per heavy atom. The van der Waals surface area contributed by atoms with E-state index in [4.69, 9.17) is 0 Å². The lowest BCUT2D eigenvalue weighted by molar-refractivity contribution is -0.137. The number of hydrogen-bond acceptors (Lipinski definition) is 4. The highest BCUT2D eigenvalue weighted by Crippen LogP contribution is 2.21. The Bertz CT molecular complexity index is 461. The first-order chi connectivity index (χ1) is 10.1. The van der Waals surface area contributed by atoms with Crippen molar-refractivity contribution in [3.63, 3.8) is 0 Å². The molecule has 2 rings (SSSR count). The van der Waals surface area contributed by atoms with Crippen LogP contribution in [0.5, 0.6) is 0 Å². The summed E-state index contributed by atoms with van der Waals surface area (Å²) < 4.78 is 0. The Morgan fingerprint density at radius 3 is 2.95 bits per heavy atom. The van der Waals surface area contributed by atoms with E-state index >= 15 is 0 Å². The van der Waals surface area contributed by atoms with E-state index in [0.29, 0.717) is 13.1 Å². The molecule has 1 aliphatic rings. The standard InChI is InChI=1S/C16H26N2O2S/c1-13-7-11-21-15(13)12-18(9-10-19)16(20)14-6-4-3-5-8-17(14)2/h7,11,14,19H,3-6,8-10,12H2,1-2H3/t14-/m0/s1. The molecule has 0 unspecified atom stereocenters. The van der Waals surface area contributed by atoms with Gasteiger partial charge in [-0.2, -0.15) is 0 Å². The van der Waals surface area contributed by atoms with Gasteiger partial charge in [-0.25, -0.2) is 0 Å². The Morgan fingerprint density at radius 1 is 1.48 bits per heavy atom. The van der Waals surface area contributed by atoms with E-state index in [1.54, 1.807) is 11.3 Å². The molecule has 2 heterocycles. The van der Waals surface area contributed by atoms with Gasteiger partial charge in [0.1, 0.15) is 0 Å². The topological polar surface area (TPSA) is 43.8 Å². The number of likely N-dealkylation sites (tertiary alicyclic amines) is 1. The van der Waals surface area contributed by atoms with E-state index in [0.717, 1.165) is 19.4 Å². The Kier molecular flexibility index (Phi) is 6.21. The zero-order valence-corrected chi connectivity index (χ0v) is 13.9. The van der Waals surface area contributed by atoms with Crippen LogP contribution >= 0.6 is 11.3 Å². The summed E-state index contributed by atoms with van der Waals surface area (Å²) in [4.78, 5) is 18.1. The molecule has 1 aromatic heterocycles. The third kappa shape index (κ3) is 4.28. The lowest BCUT2D eigenvalue weighted by atomic mass is 10.1. The first-order valence-electron chi connectivity index (χ1n) is 7.76. The summed E-state index contributed by atoms with van der Waals surface area (Å²) in [6.07, 6.45) is 4.43. The second kappa shape index (κ2) is 7.92. The van der Waals surface area contributed by atoms with Gasteiger partial charge in [0.25, 0.3) is 0 Å². The molecule has 1 atom stereocenters. The molecule has 5 heteroatoms. The summed E-state index contributed by atoms with van der Waals surface area (Å²) in [7, 11) is 2.04. The predicted molar refractivity (Wildman–Crippen MR) is 86.4 cm³/mol. The molecule has 1 fully saturated rings. The zero-order valence-electron chi connectivity index (χ0n) is 13.0. The van der Waals surface area contributed by atoms with Crippen LogP contribution < -0.4 is 0 Å². The van der Waals surface area contributed by atoms with Crippen LogP contribution in [0.15, 0.2) is 11.4 Å². The number of amides is 1. The van der Waals surface area contributed by atoms with Gasteiger partial charge in [-0.3, -0.25) is 9.69 Å². The molecule has 0 radical (unpaired) electrons. The number of carbonyl (C=O) groups is 1. The smallest absolute Gasteiger partial charge is 0.240 e. The quantitative estimate of drug-likeness (QED) is 0.907. The van der Waals surface area contributed by atoms with E-state index in [2.05, 4.69) is 23.3 Å². The third-order valence-corrected chi connectivity index (χ3v) is 5.30. The number of aliphatic hydroxyl groups excluding tert-OH is 1. The van der Waals surface area contributed by atoms with Crippen molar-refractivity contribution in [2.24, 2.45) is 0 Å². The highest BCUT2D eigenvalue weighted by Gasteiger charge is 2.29. The maximum absolute atomic E-state index is 12.9. The molecule has 0 spiro atoms. The molecule has 1 aromatic rings. The van der Waals surface area contributed by atoms with Gasteiger partial charge in [-0.15, -0.1) is 11.3 Å². The first-order valence-corrected chi connectivity index (χ1v) is 8.64. The molecule has 0 aromatic carbocycles. The third-order valence-electron chi connectivity index (χ3n) is 4.29. The molecule has 0 saturated carbocycles. The van der Waals surface area contributed by atoms with E-state index in [9.17, 15) is 9.90 Å². The second-order valence-corrected chi connectivity index (χ2v) is 6.86. The van der Waals surface area contributed by atoms with E-state index < -0.39 is 0 Å². The molecule has 118 valence electrons. The molecular weight excluding hydrogens is 284 g/mol. The average Bonchev–Trinajstić information content (AvgIpc) is 2.74. The number of aliphatic hydroxyl groups is 1. The Balaban J connectivity index is 2.08. The van der Waals surface area contributed by atoms with Crippen molar-refractivity contribution in [2.75, 3.05) is 26.7 Å². The second-order valence-electron chi connectivity index (χ2n) is 5.86. The molecule has 4 nitrogen and oxygen atoms in total. The minimum absolute atomic E-state index is 0.0204. The zero-order chi connectivity index (χ0) is 15.2. The maximum atomic E-state index is 12.9. The van der Waals surface area contributed by atoms with Crippen LogP contribution in [0.4, 0.5) is 0 Å². The van der Waals surface area contributed by atoms with Crippen LogP contribution in [-0.4, -0.2) is 53.6 Å². The minimum atomic E-state index is -0.0284. The van der Waals surface area contributed by atoms with Gasteiger partial charge in [-0.05, 0) is 50.4 Å². The first kappa shape index (κ1) is 16.5. The number of carbonyl (C=O) groups excluding carboxylic acids is 1. The highest BCUT2D eigenvalue weighted by molar-refractivity contribution is 7.10. The van der Waals surface area contributed by atoms with E-state index in [-0.39, 0.29) is 18.6 Å². The summed E-state index contributed by atoms with van der Waals surface area (Å²) in [5.74, 6) is 0.168. The molecule has 21 heavy (non-hydrogen) atoms. The minimum Gasteiger partial charge on any atom is -0.395 e. The van der Waals surface area contributed by atoms with Crippen LogP contribution in [0.3, 0.4) is 0 Å². The number of rotatable bonds is 5. The van der Waals surface area contributed by atoms with Crippen molar-refractivity contribution >= 4 is 17.2 Å². The van der Waals surface area contributed by atoms with Crippen LogP contribution in [0.2, 0.25) is 0 Å². The van der Waals surface area contributed by atoms with Crippen molar-refractivity contribution in [2.45, 2.75) is 45.2 Å². The summed E-state index contributed by atoms with van der Waals surface area (Å²) in [5, 5.41) is 11.4. The molecule has 0 aliphatic carbocycles. The normalized spacial score (nSPS) is 20.2. The van der Waals surface area contributed by atoms with Gasteiger partial charge < -0.3 is 10.0 Å². The van der Waals surface area contributed by atoms with Crippen molar-refractivity contribution in [3.8, 4) is 0 Å². The number of hydrogen-bond donors (Lipinski definition) is 1. The highest BCUT2D eigenvalue weighted by atomic mass is 32.1. The summed E-state index contributed by atoms with van der Waals surface area (Å²) >= 11 is 1.68. The van der Waals surface area contributed by atoms with Gasteiger partial charge in [0.05, 0.1) is 19.2 Å². The number of aryl methyl sites for hydroxylation is 1. The van der Waals surface area contributed by atoms with Gasteiger partial charge in [0.15, 0.2) is 0 Å². The van der Waals surface area contributed by atoms with Crippen molar-refractivity contribution in [1.29, 1.82) is 0 Å². The average molecular weight is 310 g/mol.